The standard InChI is InChI=1S/C26H31N2/c1-16-12-25(28(7)15-19(16)14-26(4,5)6)20-10-11-21-22-9-8-17(2)27-24(22)13-23(21)18(20)3/h8-12,15H,13-14H2,1-7H3/q+1. The summed E-state index contributed by atoms with van der Waals surface area (Å²) in [7, 11) is 2.17. The summed E-state index contributed by atoms with van der Waals surface area (Å²) in [5.41, 5.74) is 13.5. The highest BCUT2D eigenvalue weighted by Crippen LogP contribution is 2.40. The van der Waals surface area contributed by atoms with E-state index in [0.29, 0.717) is 5.41 Å². The molecule has 0 radical (unpaired) electrons. The highest BCUT2D eigenvalue weighted by Gasteiger charge is 2.26. The second kappa shape index (κ2) is 6.55. The third-order valence-electron chi connectivity index (χ3n) is 5.93. The van der Waals surface area contributed by atoms with Gasteiger partial charge < -0.3 is 0 Å². The average Bonchev–Trinajstić information content (AvgIpc) is 2.96. The van der Waals surface area contributed by atoms with Gasteiger partial charge in [0.1, 0.15) is 7.05 Å². The van der Waals surface area contributed by atoms with E-state index < -0.39 is 0 Å². The van der Waals surface area contributed by atoms with Gasteiger partial charge in [-0.05, 0) is 67.0 Å². The van der Waals surface area contributed by atoms with Gasteiger partial charge in [0.05, 0.1) is 5.69 Å². The first-order valence-electron chi connectivity index (χ1n) is 10.2. The Kier molecular flexibility index (Phi) is 4.41. The third kappa shape index (κ3) is 3.26. The van der Waals surface area contributed by atoms with Crippen LogP contribution in [-0.2, 0) is 19.9 Å². The van der Waals surface area contributed by atoms with Crippen LogP contribution in [0.3, 0.4) is 0 Å². The molecule has 3 aromatic rings. The maximum absolute atomic E-state index is 4.78. The van der Waals surface area contributed by atoms with Crippen molar-refractivity contribution in [2.75, 3.05) is 0 Å². The van der Waals surface area contributed by atoms with Crippen molar-refractivity contribution in [1.29, 1.82) is 0 Å². The van der Waals surface area contributed by atoms with E-state index in [1.54, 1.807) is 0 Å². The Morgan fingerprint density at radius 2 is 1.64 bits per heavy atom. The zero-order chi connectivity index (χ0) is 20.2. The van der Waals surface area contributed by atoms with Gasteiger partial charge in [0.2, 0.25) is 5.69 Å². The Morgan fingerprint density at radius 1 is 0.964 bits per heavy atom. The number of hydrogen-bond acceptors (Lipinski definition) is 1. The van der Waals surface area contributed by atoms with E-state index in [-0.39, 0.29) is 0 Å². The molecule has 0 amide bonds. The Balaban J connectivity index is 1.79. The molecule has 0 saturated carbocycles. The maximum Gasteiger partial charge on any atom is 0.212 e. The SMILES string of the molecule is Cc1ccc2c(n1)Cc1c-2ccc(-c2cc(C)c(CC(C)(C)C)c[n+]2C)c1C. The van der Waals surface area contributed by atoms with Crippen LogP contribution in [-0.4, -0.2) is 4.98 Å². The van der Waals surface area contributed by atoms with Crippen LogP contribution in [0.15, 0.2) is 36.5 Å². The van der Waals surface area contributed by atoms with Crippen molar-refractivity contribution < 1.29 is 4.57 Å². The van der Waals surface area contributed by atoms with Crippen LogP contribution in [0.5, 0.6) is 0 Å². The van der Waals surface area contributed by atoms with Gasteiger partial charge in [-0.25, -0.2) is 4.57 Å². The van der Waals surface area contributed by atoms with Crippen molar-refractivity contribution in [3.8, 4) is 22.4 Å². The Hall–Kier alpha value is -2.48. The first kappa shape index (κ1) is 18.9. The van der Waals surface area contributed by atoms with Crippen molar-refractivity contribution >= 4 is 0 Å². The van der Waals surface area contributed by atoms with Crippen LogP contribution in [0, 0.1) is 26.2 Å². The fraction of sp³-hybridized carbons (Fsp3) is 0.385. The molecule has 0 atom stereocenters. The summed E-state index contributed by atoms with van der Waals surface area (Å²) in [6.45, 7) is 13.5. The van der Waals surface area contributed by atoms with Gasteiger partial charge in [-0.2, -0.15) is 0 Å². The summed E-state index contributed by atoms with van der Waals surface area (Å²) in [6.07, 6.45) is 4.36. The molecule has 144 valence electrons. The van der Waals surface area contributed by atoms with Crippen LogP contribution < -0.4 is 4.57 Å². The summed E-state index contributed by atoms with van der Waals surface area (Å²) in [4.78, 5) is 4.78. The predicted octanol–water partition coefficient (Wildman–Crippen LogP) is 5.66. The Bertz CT molecular complexity index is 1080. The summed E-state index contributed by atoms with van der Waals surface area (Å²) in [6, 6.07) is 11.3. The molecule has 4 rings (SSSR count). The number of aryl methyl sites for hydroxylation is 3. The minimum Gasteiger partial charge on any atom is -0.257 e. The molecule has 2 nitrogen and oxygen atoms in total. The topological polar surface area (TPSA) is 16.8 Å². The molecule has 1 aliphatic rings. The van der Waals surface area contributed by atoms with E-state index in [9.17, 15) is 0 Å². The molecule has 0 unspecified atom stereocenters. The predicted molar refractivity (Wildman–Crippen MR) is 116 cm³/mol. The fourth-order valence-electron chi connectivity index (χ4n) is 4.50. The van der Waals surface area contributed by atoms with Crippen LogP contribution in [0.4, 0.5) is 0 Å². The van der Waals surface area contributed by atoms with Crippen LogP contribution >= 0.6 is 0 Å². The summed E-state index contributed by atoms with van der Waals surface area (Å²) in [5, 5.41) is 0. The number of benzene rings is 1. The van der Waals surface area contributed by atoms with Crippen LogP contribution in [0.25, 0.3) is 22.4 Å². The molecular weight excluding hydrogens is 340 g/mol. The van der Waals surface area contributed by atoms with Gasteiger partial charge in [-0.15, -0.1) is 0 Å². The number of nitrogens with zero attached hydrogens (tertiary/aromatic N) is 2. The molecule has 28 heavy (non-hydrogen) atoms. The molecule has 0 bridgehead atoms. The van der Waals surface area contributed by atoms with E-state index in [1.165, 1.54) is 50.3 Å². The second-order valence-electron chi connectivity index (χ2n) is 9.60. The monoisotopic (exact) mass is 371 g/mol. The van der Waals surface area contributed by atoms with E-state index in [1.807, 2.05) is 0 Å². The van der Waals surface area contributed by atoms with Gasteiger partial charge in [0.25, 0.3) is 0 Å². The maximum atomic E-state index is 4.78. The molecule has 0 aliphatic heterocycles. The molecule has 0 saturated heterocycles. The third-order valence-corrected chi connectivity index (χ3v) is 5.93. The number of rotatable bonds is 2. The normalized spacial score (nSPS) is 12.8. The van der Waals surface area contributed by atoms with Gasteiger partial charge in [0, 0.05) is 34.9 Å². The van der Waals surface area contributed by atoms with Crippen molar-refractivity contribution in [2.24, 2.45) is 12.5 Å². The lowest BCUT2D eigenvalue weighted by Gasteiger charge is -2.19. The lowest BCUT2D eigenvalue weighted by Crippen LogP contribution is -2.32. The smallest absolute Gasteiger partial charge is 0.212 e. The van der Waals surface area contributed by atoms with E-state index in [4.69, 9.17) is 4.98 Å². The van der Waals surface area contributed by atoms with E-state index >= 15 is 0 Å². The zero-order valence-electron chi connectivity index (χ0n) is 18.3. The number of pyridine rings is 2. The first-order chi connectivity index (χ1) is 13.1. The van der Waals surface area contributed by atoms with Gasteiger partial charge in [-0.3, -0.25) is 4.98 Å². The minimum atomic E-state index is 0.291. The highest BCUT2D eigenvalue weighted by atomic mass is 14.9. The summed E-state index contributed by atoms with van der Waals surface area (Å²) in [5.74, 6) is 0. The summed E-state index contributed by atoms with van der Waals surface area (Å²) < 4.78 is 2.30. The molecule has 2 heteroatoms. The molecular formula is C26H31N2+. The molecule has 2 aromatic heterocycles. The molecule has 1 aliphatic carbocycles. The minimum absolute atomic E-state index is 0.291. The lowest BCUT2D eigenvalue weighted by atomic mass is 9.86. The van der Waals surface area contributed by atoms with Gasteiger partial charge in [-0.1, -0.05) is 32.9 Å². The lowest BCUT2D eigenvalue weighted by molar-refractivity contribution is -0.660. The van der Waals surface area contributed by atoms with Gasteiger partial charge in [0.15, 0.2) is 6.20 Å². The van der Waals surface area contributed by atoms with E-state index in [0.717, 1.165) is 18.5 Å². The molecule has 2 heterocycles. The Labute approximate surface area is 169 Å². The van der Waals surface area contributed by atoms with Crippen LogP contribution in [0.2, 0.25) is 0 Å². The Morgan fingerprint density at radius 3 is 2.36 bits per heavy atom. The number of aromatic nitrogens is 2. The number of hydrogen-bond donors (Lipinski definition) is 0. The van der Waals surface area contributed by atoms with Gasteiger partial charge >= 0.3 is 0 Å². The highest BCUT2D eigenvalue weighted by molar-refractivity contribution is 5.81. The molecule has 0 fully saturated rings. The zero-order valence-corrected chi connectivity index (χ0v) is 18.3. The fourth-order valence-corrected chi connectivity index (χ4v) is 4.50. The van der Waals surface area contributed by atoms with Crippen molar-refractivity contribution in [3.05, 3.63) is 70.2 Å². The molecule has 0 N–H and O–H groups in total. The van der Waals surface area contributed by atoms with Crippen molar-refractivity contribution in [2.45, 2.75) is 54.4 Å². The second-order valence-corrected chi connectivity index (χ2v) is 9.60. The quantitative estimate of drug-likeness (QED) is 0.416. The van der Waals surface area contributed by atoms with Crippen molar-refractivity contribution in [3.63, 3.8) is 0 Å². The van der Waals surface area contributed by atoms with Crippen molar-refractivity contribution in [1.82, 2.24) is 4.98 Å². The van der Waals surface area contributed by atoms with E-state index in [2.05, 4.69) is 89.7 Å². The molecule has 1 aromatic carbocycles. The molecule has 0 spiro atoms. The summed E-state index contributed by atoms with van der Waals surface area (Å²) >= 11 is 0. The average molecular weight is 372 g/mol. The first-order valence-corrected chi connectivity index (χ1v) is 10.2. The largest absolute Gasteiger partial charge is 0.257 e. The van der Waals surface area contributed by atoms with Crippen LogP contribution in [0.1, 0.15) is 54.4 Å². The number of fused-ring (bicyclic) bond motifs is 3.